The van der Waals surface area contributed by atoms with Crippen LogP contribution in [0.2, 0.25) is 0 Å². The molecule has 1 aromatic heterocycles. The molecule has 0 spiro atoms. The number of pyridine rings is 1. The maximum absolute atomic E-state index is 11.8. The number of aliphatic hydroxyl groups excluding tert-OH is 1. The second-order valence-electron chi connectivity index (χ2n) is 4.56. The SMILES string of the molecule is O=C(CN(CCO)C1CC1)NCc1cccnc1. The number of hydrogen-bond acceptors (Lipinski definition) is 4. The van der Waals surface area contributed by atoms with Gasteiger partial charge in [0.15, 0.2) is 0 Å². The van der Waals surface area contributed by atoms with Gasteiger partial charge >= 0.3 is 0 Å². The Bertz CT molecular complexity index is 379. The zero-order chi connectivity index (χ0) is 12.8. The summed E-state index contributed by atoms with van der Waals surface area (Å²) in [6.45, 7) is 1.55. The zero-order valence-corrected chi connectivity index (χ0v) is 10.4. The number of nitrogens with zero attached hydrogens (tertiary/aromatic N) is 2. The van der Waals surface area contributed by atoms with E-state index in [0.29, 0.717) is 25.7 Å². The molecular weight excluding hydrogens is 230 g/mol. The third kappa shape index (κ3) is 4.09. The monoisotopic (exact) mass is 249 g/mol. The van der Waals surface area contributed by atoms with Crippen LogP contribution in [0.5, 0.6) is 0 Å². The first-order chi connectivity index (χ1) is 8.79. The van der Waals surface area contributed by atoms with Gasteiger partial charge in [0.1, 0.15) is 0 Å². The summed E-state index contributed by atoms with van der Waals surface area (Å²) in [5.74, 6) is -0.000738. The van der Waals surface area contributed by atoms with Crippen molar-refractivity contribution in [2.24, 2.45) is 0 Å². The number of rotatable bonds is 7. The molecule has 1 amide bonds. The smallest absolute Gasteiger partial charge is 0.234 e. The van der Waals surface area contributed by atoms with Gasteiger partial charge in [-0.15, -0.1) is 0 Å². The summed E-state index contributed by atoms with van der Waals surface area (Å²) in [7, 11) is 0. The summed E-state index contributed by atoms with van der Waals surface area (Å²) in [6.07, 6.45) is 5.72. The van der Waals surface area contributed by atoms with E-state index in [1.54, 1.807) is 12.4 Å². The largest absolute Gasteiger partial charge is 0.395 e. The van der Waals surface area contributed by atoms with E-state index in [2.05, 4.69) is 10.3 Å². The lowest BCUT2D eigenvalue weighted by Gasteiger charge is -2.19. The van der Waals surface area contributed by atoms with Crippen molar-refractivity contribution in [1.82, 2.24) is 15.2 Å². The molecule has 1 saturated carbocycles. The number of amides is 1. The number of aromatic nitrogens is 1. The van der Waals surface area contributed by atoms with Crippen LogP contribution in [-0.2, 0) is 11.3 Å². The molecule has 5 heteroatoms. The Morgan fingerprint density at radius 2 is 2.39 bits per heavy atom. The lowest BCUT2D eigenvalue weighted by Crippen LogP contribution is -2.39. The molecule has 0 atom stereocenters. The van der Waals surface area contributed by atoms with Crippen molar-refractivity contribution in [3.05, 3.63) is 30.1 Å². The number of carbonyl (C=O) groups is 1. The van der Waals surface area contributed by atoms with Gasteiger partial charge in [0.2, 0.25) is 5.91 Å². The predicted molar refractivity (Wildman–Crippen MR) is 67.8 cm³/mol. The lowest BCUT2D eigenvalue weighted by atomic mass is 10.3. The Kier molecular flexibility index (Phi) is 4.66. The van der Waals surface area contributed by atoms with Gasteiger partial charge in [-0.05, 0) is 24.5 Å². The van der Waals surface area contributed by atoms with Gasteiger partial charge in [0, 0.05) is 31.5 Å². The van der Waals surface area contributed by atoms with Crippen molar-refractivity contribution in [3.8, 4) is 0 Å². The van der Waals surface area contributed by atoms with Gasteiger partial charge in [-0.2, -0.15) is 0 Å². The van der Waals surface area contributed by atoms with E-state index in [-0.39, 0.29) is 12.5 Å². The molecule has 1 aromatic rings. The minimum atomic E-state index is -0.000738. The van der Waals surface area contributed by atoms with Gasteiger partial charge in [0.05, 0.1) is 13.2 Å². The van der Waals surface area contributed by atoms with Crippen molar-refractivity contribution in [2.45, 2.75) is 25.4 Å². The quantitative estimate of drug-likeness (QED) is 0.722. The van der Waals surface area contributed by atoms with E-state index in [0.717, 1.165) is 18.4 Å². The van der Waals surface area contributed by atoms with Crippen LogP contribution in [-0.4, -0.2) is 46.6 Å². The van der Waals surface area contributed by atoms with Crippen molar-refractivity contribution < 1.29 is 9.90 Å². The van der Waals surface area contributed by atoms with Crippen LogP contribution >= 0.6 is 0 Å². The third-order valence-corrected chi connectivity index (χ3v) is 3.01. The third-order valence-electron chi connectivity index (χ3n) is 3.01. The molecule has 0 aromatic carbocycles. The van der Waals surface area contributed by atoms with Crippen LogP contribution in [0.4, 0.5) is 0 Å². The minimum Gasteiger partial charge on any atom is -0.395 e. The number of aliphatic hydroxyl groups is 1. The molecule has 2 N–H and O–H groups in total. The van der Waals surface area contributed by atoms with Crippen LogP contribution in [0, 0.1) is 0 Å². The summed E-state index contributed by atoms with van der Waals surface area (Å²) in [4.78, 5) is 17.8. The molecule has 1 aliphatic rings. The lowest BCUT2D eigenvalue weighted by molar-refractivity contribution is -0.122. The van der Waals surface area contributed by atoms with Gasteiger partial charge in [0.25, 0.3) is 0 Å². The summed E-state index contributed by atoms with van der Waals surface area (Å²) in [5, 5.41) is 11.8. The summed E-state index contributed by atoms with van der Waals surface area (Å²) in [5.41, 5.74) is 0.992. The van der Waals surface area contributed by atoms with Crippen molar-refractivity contribution >= 4 is 5.91 Å². The maximum Gasteiger partial charge on any atom is 0.234 e. The van der Waals surface area contributed by atoms with Gasteiger partial charge in [-0.3, -0.25) is 14.7 Å². The molecular formula is C13H19N3O2. The fourth-order valence-electron chi connectivity index (χ4n) is 1.90. The number of nitrogens with one attached hydrogen (secondary N) is 1. The first-order valence-corrected chi connectivity index (χ1v) is 6.30. The highest BCUT2D eigenvalue weighted by molar-refractivity contribution is 5.78. The molecule has 0 bridgehead atoms. The van der Waals surface area contributed by atoms with E-state index >= 15 is 0 Å². The molecule has 1 fully saturated rings. The standard InChI is InChI=1S/C13H19N3O2/c17-7-6-16(12-3-4-12)10-13(18)15-9-11-2-1-5-14-8-11/h1-2,5,8,12,17H,3-4,6-7,9-10H2,(H,15,18). The van der Waals surface area contributed by atoms with Gasteiger partial charge in [-0.25, -0.2) is 0 Å². The Labute approximate surface area is 107 Å². The molecule has 1 aliphatic carbocycles. The van der Waals surface area contributed by atoms with E-state index in [1.807, 2.05) is 17.0 Å². The van der Waals surface area contributed by atoms with Crippen molar-refractivity contribution in [2.75, 3.05) is 19.7 Å². The van der Waals surface area contributed by atoms with Crippen LogP contribution in [0.15, 0.2) is 24.5 Å². The first kappa shape index (κ1) is 13.0. The molecule has 2 rings (SSSR count). The van der Waals surface area contributed by atoms with Crippen LogP contribution < -0.4 is 5.32 Å². The van der Waals surface area contributed by atoms with Crippen LogP contribution in [0.1, 0.15) is 18.4 Å². The fourth-order valence-corrected chi connectivity index (χ4v) is 1.90. The topological polar surface area (TPSA) is 65.5 Å². The molecule has 1 heterocycles. The van der Waals surface area contributed by atoms with Gasteiger partial charge < -0.3 is 10.4 Å². The maximum atomic E-state index is 11.8. The molecule has 0 radical (unpaired) electrons. The second-order valence-corrected chi connectivity index (χ2v) is 4.56. The average Bonchev–Trinajstić information content (AvgIpc) is 3.21. The first-order valence-electron chi connectivity index (χ1n) is 6.30. The summed E-state index contributed by atoms with van der Waals surface area (Å²) < 4.78 is 0. The van der Waals surface area contributed by atoms with E-state index in [1.165, 1.54) is 0 Å². The Balaban J connectivity index is 1.74. The Morgan fingerprint density at radius 1 is 1.56 bits per heavy atom. The van der Waals surface area contributed by atoms with Crippen LogP contribution in [0.25, 0.3) is 0 Å². The van der Waals surface area contributed by atoms with Gasteiger partial charge in [-0.1, -0.05) is 6.07 Å². The predicted octanol–water partition coefficient (Wildman–Crippen LogP) is 0.154. The number of hydrogen-bond donors (Lipinski definition) is 2. The van der Waals surface area contributed by atoms with Crippen LogP contribution in [0.3, 0.4) is 0 Å². The molecule has 98 valence electrons. The number of carbonyl (C=O) groups excluding carboxylic acids is 1. The minimum absolute atomic E-state index is 0.000738. The van der Waals surface area contributed by atoms with E-state index in [9.17, 15) is 4.79 Å². The van der Waals surface area contributed by atoms with E-state index in [4.69, 9.17) is 5.11 Å². The molecule has 0 aliphatic heterocycles. The molecule has 0 saturated heterocycles. The fraction of sp³-hybridized carbons (Fsp3) is 0.538. The summed E-state index contributed by atoms with van der Waals surface area (Å²) >= 11 is 0. The molecule has 5 nitrogen and oxygen atoms in total. The highest BCUT2D eigenvalue weighted by atomic mass is 16.3. The zero-order valence-electron chi connectivity index (χ0n) is 10.4. The highest BCUT2D eigenvalue weighted by Gasteiger charge is 2.29. The Morgan fingerprint density at radius 3 is 3.00 bits per heavy atom. The molecule has 18 heavy (non-hydrogen) atoms. The normalized spacial score (nSPS) is 14.8. The van der Waals surface area contributed by atoms with E-state index < -0.39 is 0 Å². The average molecular weight is 249 g/mol. The van der Waals surface area contributed by atoms with Crippen molar-refractivity contribution in [1.29, 1.82) is 0 Å². The second kappa shape index (κ2) is 6.47. The summed E-state index contributed by atoms with van der Waals surface area (Å²) in [6, 6.07) is 4.27. The molecule has 0 unspecified atom stereocenters. The van der Waals surface area contributed by atoms with Crippen molar-refractivity contribution in [3.63, 3.8) is 0 Å². The highest BCUT2D eigenvalue weighted by Crippen LogP contribution is 2.25. The Hall–Kier alpha value is -1.46.